The van der Waals surface area contributed by atoms with Crippen molar-refractivity contribution in [2.24, 2.45) is 5.73 Å². The van der Waals surface area contributed by atoms with E-state index in [1.54, 1.807) is 0 Å². The first-order chi connectivity index (χ1) is 10.4. The Morgan fingerprint density at radius 2 is 2.18 bits per heavy atom. The molecule has 1 saturated heterocycles. The molecule has 0 saturated carbocycles. The van der Waals surface area contributed by atoms with Crippen LogP contribution in [0.2, 0.25) is 0 Å². The van der Waals surface area contributed by atoms with Crippen LogP contribution in [-0.4, -0.2) is 39.7 Å². The molecule has 1 fully saturated rings. The molecule has 1 aliphatic rings. The number of allylic oxidation sites excluding steroid dienone is 1. The number of hydrogen-bond acceptors (Lipinski definition) is 4. The SMILES string of the molecule is CC/C(CC[C@@H](C)[I-]CC(C)(N)CC)=C(\S)COCC1CN1. The summed E-state index contributed by atoms with van der Waals surface area (Å²) < 4.78 is 7.76. The quantitative estimate of drug-likeness (QED) is 0.172. The second-order valence-electron chi connectivity index (χ2n) is 6.64. The number of ether oxygens (including phenoxy) is 1. The molecule has 1 rings (SSSR count). The molecule has 132 valence electrons. The van der Waals surface area contributed by atoms with Gasteiger partial charge < -0.3 is 0 Å². The maximum atomic E-state index is 6.26. The van der Waals surface area contributed by atoms with Gasteiger partial charge in [0.05, 0.1) is 0 Å². The van der Waals surface area contributed by atoms with E-state index in [0.717, 1.165) is 41.2 Å². The summed E-state index contributed by atoms with van der Waals surface area (Å²) in [6.45, 7) is 11.6. The van der Waals surface area contributed by atoms with Crippen LogP contribution in [0, 0.1) is 0 Å². The van der Waals surface area contributed by atoms with Crippen LogP contribution >= 0.6 is 12.6 Å². The molecule has 0 radical (unpaired) electrons. The number of nitrogens with two attached hydrogens (primary N) is 1. The van der Waals surface area contributed by atoms with Gasteiger partial charge in [0.1, 0.15) is 0 Å². The monoisotopic (exact) mass is 441 g/mol. The Bertz CT molecular complexity index is 357. The van der Waals surface area contributed by atoms with E-state index in [2.05, 4.69) is 45.6 Å². The Balaban J connectivity index is 2.27. The fourth-order valence-electron chi connectivity index (χ4n) is 1.98. The van der Waals surface area contributed by atoms with Crippen LogP contribution in [0.15, 0.2) is 10.5 Å². The minimum atomic E-state index is 0.0460. The molecule has 0 amide bonds. The zero-order chi connectivity index (χ0) is 16.6. The summed E-state index contributed by atoms with van der Waals surface area (Å²) in [5.41, 5.74) is 7.78. The third-order valence-electron chi connectivity index (χ3n) is 4.18. The summed E-state index contributed by atoms with van der Waals surface area (Å²) in [5, 5.41) is 3.25. The fraction of sp³-hybridized carbons (Fsp3) is 0.882. The van der Waals surface area contributed by atoms with Crippen LogP contribution in [0.3, 0.4) is 0 Å². The molecule has 5 heteroatoms. The van der Waals surface area contributed by atoms with E-state index in [9.17, 15) is 0 Å². The molecule has 3 nitrogen and oxygen atoms in total. The Morgan fingerprint density at radius 1 is 1.50 bits per heavy atom. The minimum absolute atomic E-state index is 0.0460. The van der Waals surface area contributed by atoms with Gasteiger partial charge in [-0.1, -0.05) is 0 Å². The van der Waals surface area contributed by atoms with Crippen LogP contribution in [0.4, 0.5) is 0 Å². The molecule has 3 N–H and O–H groups in total. The molecule has 0 aromatic heterocycles. The molecule has 2 unspecified atom stereocenters. The van der Waals surface area contributed by atoms with Gasteiger partial charge in [-0.2, -0.15) is 0 Å². The molecule has 0 aromatic carbocycles. The molecule has 0 aliphatic carbocycles. The molecule has 0 spiro atoms. The van der Waals surface area contributed by atoms with Crippen molar-refractivity contribution in [1.82, 2.24) is 5.32 Å². The second-order valence-corrected chi connectivity index (χ2v) is 10.9. The number of hydrogen-bond donors (Lipinski definition) is 3. The van der Waals surface area contributed by atoms with Crippen molar-refractivity contribution in [3.63, 3.8) is 0 Å². The first kappa shape index (κ1) is 20.7. The van der Waals surface area contributed by atoms with Crippen LogP contribution in [0.25, 0.3) is 0 Å². The summed E-state index contributed by atoms with van der Waals surface area (Å²) in [7, 11) is 0. The Labute approximate surface area is 152 Å². The molecule has 3 atom stereocenters. The molecule has 0 bridgehead atoms. The van der Waals surface area contributed by atoms with Crippen LogP contribution in [0.1, 0.15) is 53.4 Å². The van der Waals surface area contributed by atoms with Crippen molar-refractivity contribution in [2.75, 3.05) is 24.2 Å². The summed E-state index contributed by atoms with van der Waals surface area (Å²) >= 11 is 4.85. The predicted octanol–water partition coefficient (Wildman–Crippen LogP) is -0.0462. The van der Waals surface area contributed by atoms with E-state index in [4.69, 9.17) is 10.5 Å². The van der Waals surface area contributed by atoms with Crippen molar-refractivity contribution in [3.05, 3.63) is 10.5 Å². The summed E-state index contributed by atoms with van der Waals surface area (Å²) in [6, 6.07) is 0.583. The van der Waals surface area contributed by atoms with E-state index in [-0.39, 0.29) is 26.7 Å². The van der Waals surface area contributed by atoms with Crippen molar-refractivity contribution in [1.29, 1.82) is 0 Å². The van der Waals surface area contributed by atoms with Crippen LogP contribution in [-0.2, 0) is 4.74 Å². The zero-order valence-corrected chi connectivity index (χ0v) is 17.7. The zero-order valence-electron chi connectivity index (χ0n) is 14.6. The summed E-state index contributed by atoms with van der Waals surface area (Å²) in [4.78, 5) is 1.14. The average molecular weight is 441 g/mol. The van der Waals surface area contributed by atoms with Gasteiger partial charge in [0.2, 0.25) is 0 Å². The topological polar surface area (TPSA) is 57.2 Å². The van der Waals surface area contributed by atoms with Gasteiger partial charge in [-0.3, -0.25) is 0 Å². The standard InChI is InChI=1S/C17H34IN2OS/c1-5-14(16(22)11-21-10-15-9-20-15)8-7-13(3)18-12-17(4,19)6-2/h13,15,20,22H,5-12,19H2,1-4H3/q-1/b16-14+/t13-,15?,17?/m1/s1. The Morgan fingerprint density at radius 3 is 2.73 bits per heavy atom. The third-order valence-corrected chi connectivity index (χ3v) is 8.94. The number of rotatable bonds is 12. The maximum absolute atomic E-state index is 6.26. The first-order valence-corrected chi connectivity index (χ1v) is 11.7. The normalized spacial score (nSPS) is 23.1. The first-order valence-electron chi connectivity index (χ1n) is 8.45. The summed E-state index contributed by atoms with van der Waals surface area (Å²) in [5.74, 6) is 0. The van der Waals surface area contributed by atoms with Gasteiger partial charge in [-0.05, 0) is 0 Å². The average Bonchev–Trinajstić information content (AvgIpc) is 3.30. The fourth-order valence-corrected chi connectivity index (χ4v) is 5.39. The molecular weight excluding hydrogens is 407 g/mol. The Hall–Kier alpha value is 0.700. The van der Waals surface area contributed by atoms with Crippen LogP contribution < -0.4 is 32.3 Å². The number of thiol groups is 1. The van der Waals surface area contributed by atoms with Crippen molar-refractivity contribution in [3.8, 4) is 0 Å². The number of alkyl halides is 2. The van der Waals surface area contributed by atoms with E-state index in [0.29, 0.717) is 12.6 Å². The molecule has 1 heterocycles. The Kier molecular flexibility index (Phi) is 9.94. The van der Waals surface area contributed by atoms with Gasteiger partial charge in [0, 0.05) is 0 Å². The van der Waals surface area contributed by atoms with E-state index >= 15 is 0 Å². The second kappa shape index (κ2) is 10.5. The van der Waals surface area contributed by atoms with Crippen molar-refractivity contribution < 1.29 is 25.9 Å². The van der Waals surface area contributed by atoms with Gasteiger partial charge in [0.15, 0.2) is 0 Å². The molecule has 0 aromatic rings. The van der Waals surface area contributed by atoms with Crippen LogP contribution in [0.5, 0.6) is 0 Å². The van der Waals surface area contributed by atoms with Gasteiger partial charge in [0.25, 0.3) is 0 Å². The van der Waals surface area contributed by atoms with Crippen molar-refractivity contribution >= 4 is 12.6 Å². The third kappa shape index (κ3) is 9.11. The molecule has 22 heavy (non-hydrogen) atoms. The predicted molar refractivity (Wildman–Crippen MR) is 95.4 cm³/mol. The van der Waals surface area contributed by atoms with E-state index in [1.807, 2.05) is 0 Å². The van der Waals surface area contributed by atoms with E-state index in [1.165, 1.54) is 16.4 Å². The van der Waals surface area contributed by atoms with Gasteiger partial charge in [-0.25, -0.2) is 0 Å². The number of nitrogens with one attached hydrogen (secondary N) is 1. The van der Waals surface area contributed by atoms with Gasteiger partial charge >= 0.3 is 153 Å². The molecule has 1 aliphatic heterocycles. The van der Waals surface area contributed by atoms with Gasteiger partial charge in [-0.15, -0.1) is 0 Å². The molecular formula is C17H34IN2OS-. The van der Waals surface area contributed by atoms with E-state index < -0.39 is 0 Å². The summed E-state index contributed by atoms with van der Waals surface area (Å²) in [6.07, 6.45) is 4.59. The van der Waals surface area contributed by atoms with Crippen molar-refractivity contribution in [2.45, 2.75) is 68.9 Å². The number of halogens is 1.